The molecule has 21 heavy (non-hydrogen) atoms. The van der Waals surface area contributed by atoms with Crippen LogP contribution in [0.5, 0.6) is 0 Å². The monoisotopic (exact) mass is 349 g/mol. The number of aliphatic hydroxyl groups excluding tert-OH is 1. The molecule has 0 aliphatic carbocycles. The van der Waals surface area contributed by atoms with Gasteiger partial charge in [0.25, 0.3) is 0 Å². The average molecular weight is 349 g/mol. The summed E-state index contributed by atoms with van der Waals surface area (Å²) < 4.78 is 12.0. The van der Waals surface area contributed by atoms with Gasteiger partial charge < -0.3 is 14.8 Å². The molecule has 1 amide bonds. The lowest BCUT2D eigenvalue weighted by Crippen LogP contribution is -2.60. The van der Waals surface area contributed by atoms with Crippen LogP contribution < -0.4 is 0 Å². The Bertz CT molecular complexity index is 523. The minimum atomic E-state index is -1.12. The molecule has 3 heterocycles. The number of thioether (sulfide) groups is 2. The highest BCUT2D eigenvalue weighted by molar-refractivity contribution is 8.23. The molecule has 0 aromatic heterocycles. The number of amides is 1. The summed E-state index contributed by atoms with van der Waals surface area (Å²) in [7, 11) is 0. The number of carbonyl (C=O) groups is 2. The van der Waals surface area contributed by atoms with E-state index in [4.69, 9.17) is 0 Å². The van der Waals surface area contributed by atoms with Gasteiger partial charge in [0, 0.05) is 6.42 Å². The fourth-order valence-electron chi connectivity index (χ4n) is 2.71. The number of hydrogen-bond acceptors (Lipinski definition) is 6. The Hall–Kier alpha value is -0.350. The van der Waals surface area contributed by atoms with E-state index in [0.717, 1.165) is 6.42 Å². The second-order valence-corrected chi connectivity index (χ2v) is 9.58. The molecule has 2 N–H and O–H groups in total. The highest BCUT2D eigenvalue weighted by Crippen LogP contribution is 2.55. The van der Waals surface area contributed by atoms with E-state index in [1.165, 1.54) is 28.4 Å². The van der Waals surface area contributed by atoms with E-state index in [9.17, 15) is 24.4 Å². The minimum Gasteiger partial charge on any atom is -0.616 e. The summed E-state index contributed by atoms with van der Waals surface area (Å²) in [5, 5.41) is 18.8. The van der Waals surface area contributed by atoms with Crippen LogP contribution >= 0.6 is 23.5 Å². The molecule has 6 nitrogen and oxygen atoms in total. The van der Waals surface area contributed by atoms with Gasteiger partial charge in [-0.25, -0.2) is 4.79 Å². The zero-order valence-electron chi connectivity index (χ0n) is 11.2. The summed E-state index contributed by atoms with van der Waals surface area (Å²) in [6, 6.07) is 0. The first-order valence-electron chi connectivity index (χ1n) is 6.57. The lowest BCUT2D eigenvalue weighted by atomic mass is 9.92. The first kappa shape index (κ1) is 15.5. The number of fused-ring (bicyclic) bond motifs is 1. The number of carboxylic acids is 1. The molecular formula is C12H15NO5S3. The number of rotatable bonds is 4. The van der Waals surface area contributed by atoms with Crippen LogP contribution in [0.25, 0.3) is 0 Å². The molecule has 3 rings (SSSR count). The van der Waals surface area contributed by atoms with E-state index in [1.807, 2.05) is 0 Å². The van der Waals surface area contributed by atoms with E-state index < -0.39 is 29.2 Å². The van der Waals surface area contributed by atoms with Gasteiger partial charge in [0.05, 0.1) is 21.5 Å². The summed E-state index contributed by atoms with van der Waals surface area (Å²) in [4.78, 5) is 24.8. The van der Waals surface area contributed by atoms with Crippen LogP contribution in [0.15, 0.2) is 9.93 Å². The molecule has 2 fully saturated rings. The maximum atomic E-state index is 12.0. The lowest BCUT2D eigenvalue weighted by molar-refractivity contribution is -0.156. The van der Waals surface area contributed by atoms with Gasteiger partial charge in [-0.2, -0.15) is 0 Å². The number of aliphatic hydroxyl groups is 1. The zero-order chi connectivity index (χ0) is 15.3. The molecule has 0 spiro atoms. The van der Waals surface area contributed by atoms with Crippen molar-refractivity contribution in [3.8, 4) is 0 Å². The smallest absolute Gasteiger partial charge is 0.354 e. The van der Waals surface area contributed by atoms with Crippen LogP contribution in [0, 0.1) is 5.92 Å². The molecule has 9 heteroatoms. The Morgan fingerprint density at radius 2 is 2.33 bits per heavy atom. The molecular weight excluding hydrogens is 334 g/mol. The van der Waals surface area contributed by atoms with Gasteiger partial charge >= 0.3 is 5.97 Å². The standard InChI is InChI=1S/C12H15NO5S3/c1-5(14)7-9(15)13-8(11(16)17)12(20-10(7)13)19-6-2-3-21(18)4-6/h5-7,10,14H,2-4H2,1H3,(H,16,17)/t5-,6+,7+,10-,21?/m1/s1. The van der Waals surface area contributed by atoms with E-state index in [2.05, 4.69) is 0 Å². The highest BCUT2D eigenvalue weighted by Gasteiger charge is 2.58. The Kier molecular flexibility index (Phi) is 4.21. The van der Waals surface area contributed by atoms with Gasteiger partial charge in [-0.1, -0.05) is 22.9 Å². The van der Waals surface area contributed by atoms with Crippen molar-refractivity contribution in [3.63, 3.8) is 0 Å². The number of aliphatic carboxylic acids is 1. The van der Waals surface area contributed by atoms with Crippen molar-refractivity contribution in [2.75, 3.05) is 11.5 Å². The minimum absolute atomic E-state index is 0.0228. The van der Waals surface area contributed by atoms with Crippen LogP contribution in [0.2, 0.25) is 0 Å². The van der Waals surface area contributed by atoms with Crippen LogP contribution in [0.4, 0.5) is 0 Å². The van der Waals surface area contributed by atoms with E-state index in [1.54, 1.807) is 6.92 Å². The molecule has 0 aromatic carbocycles. The molecule has 5 atom stereocenters. The molecule has 2 saturated heterocycles. The van der Waals surface area contributed by atoms with Crippen LogP contribution in [0.3, 0.4) is 0 Å². The number of carbonyl (C=O) groups excluding carboxylic acids is 1. The molecule has 1 unspecified atom stereocenters. The van der Waals surface area contributed by atoms with Gasteiger partial charge in [0.2, 0.25) is 5.91 Å². The molecule has 0 bridgehead atoms. The zero-order valence-corrected chi connectivity index (χ0v) is 13.7. The quantitative estimate of drug-likeness (QED) is 0.560. The lowest BCUT2D eigenvalue weighted by Gasteiger charge is -2.43. The number of β-lactam (4-membered cyclic amide) rings is 1. The van der Waals surface area contributed by atoms with Crippen molar-refractivity contribution in [2.24, 2.45) is 5.92 Å². The summed E-state index contributed by atoms with van der Waals surface area (Å²) in [5.74, 6) is -0.768. The first-order chi connectivity index (χ1) is 9.90. The average Bonchev–Trinajstić information content (AvgIpc) is 2.91. The Morgan fingerprint density at radius 1 is 1.62 bits per heavy atom. The second-order valence-electron chi connectivity index (χ2n) is 5.26. The van der Waals surface area contributed by atoms with Crippen LogP contribution in [-0.4, -0.2) is 59.8 Å². The maximum absolute atomic E-state index is 12.0. The van der Waals surface area contributed by atoms with Gasteiger partial charge in [0.1, 0.15) is 16.9 Å². The molecule has 0 radical (unpaired) electrons. The molecule has 0 saturated carbocycles. The number of nitrogens with zero attached hydrogens (tertiary/aromatic N) is 1. The summed E-state index contributed by atoms with van der Waals surface area (Å²) in [6.07, 6.45) is 0.0109. The third-order valence-electron chi connectivity index (χ3n) is 3.78. The fraction of sp³-hybridized carbons (Fsp3) is 0.667. The fourth-order valence-corrected chi connectivity index (χ4v) is 7.97. The Labute approximate surface area is 133 Å². The van der Waals surface area contributed by atoms with E-state index in [-0.39, 0.29) is 22.2 Å². The van der Waals surface area contributed by atoms with Crippen molar-refractivity contribution in [2.45, 2.75) is 30.1 Å². The highest BCUT2D eigenvalue weighted by atomic mass is 32.2. The van der Waals surface area contributed by atoms with Gasteiger partial charge in [-0.15, -0.1) is 11.8 Å². The topological polar surface area (TPSA) is 101 Å². The Morgan fingerprint density at radius 3 is 2.86 bits per heavy atom. The van der Waals surface area contributed by atoms with Crippen molar-refractivity contribution < 1.29 is 24.4 Å². The largest absolute Gasteiger partial charge is 0.616 e. The van der Waals surface area contributed by atoms with Crippen molar-refractivity contribution >= 4 is 46.6 Å². The van der Waals surface area contributed by atoms with Gasteiger partial charge in [0.15, 0.2) is 5.70 Å². The predicted molar refractivity (Wildman–Crippen MR) is 81.9 cm³/mol. The van der Waals surface area contributed by atoms with Gasteiger partial charge in [-0.3, -0.25) is 9.69 Å². The van der Waals surface area contributed by atoms with E-state index >= 15 is 0 Å². The van der Waals surface area contributed by atoms with Gasteiger partial charge in [-0.05, 0) is 6.92 Å². The van der Waals surface area contributed by atoms with E-state index in [0.29, 0.717) is 15.7 Å². The van der Waals surface area contributed by atoms with Crippen molar-refractivity contribution in [1.82, 2.24) is 4.90 Å². The number of carboxylic acid groups (broad SMARTS) is 1. The summed E-state index contributed by atoms with van der Waals surface area (Å²) in [6.45, 7) is 1.55. The Balaban J connectivity index is 1.79. The molecule has 3 aliphatic heterocycles. The van der Waals surface area contributed by atoms with Crippen LogP contribution in [0.1, 0.15) is 13.3 Å². The second kappa shape index (κ2) is 5.69. The first-order valence-corrected chi connectivity index (χ1v) is 9.82. The molecule has 3 aliphatic rings. The van der Waals surface area contributed by atoms with Crippen molar-refractivity contribution in [3.05, 3.63) is 9.93 Å². The predicted octanol–water partition coefficient (Wildman–Crippen LogP) is 0.406. The SMILES string of the molecule is C[C@@H](O)[C@H]1C(=O)N2C(C(=O)O)=C(S[C@H]3CC[S+]([O-])C3)S[C@H]12. The third-order valence-corrected chi connectivity index (χ3v) is 8.33. The summed E-state index contributed by atoms with van der Waals surface area (Å²) >= 11 is 1.93. The summed E-state index contributed by atoms with van der Waals surface area (Å²) in [5.41, 5.74) is 0.0228. The van der Waals surface area contributed by atoms with Crippen molar-refractivity contribution in [1.29, 1.82) is 0 Å². The maximum Gasteiger partial charge on any atom is 0.354 e. The van der Waals surface area contributed by atoms with Crippen LogP contribution in [-0.2, 0) is 20.8 Å². The normalized spacial score (nSPS) is 36.7. The third kappa shape index (κ3) is 2.59. The number of hydrogen-bond donors (Lipinski definition) is 2. The molecule has 116 valence electrons. The molecule has 0 aromatic rings.